The molecule has 0 spiro atoms. The summed E-state index contributed by atoms with van der Waals surface area (Å²) in [4.78, 5) is 19.8. The molecule has 1 fully saturated rings. The molecular formula is C16H15N3O2S. The fourth-order valence-electron chi connectivity index (χ4n) is 2.80. The first-order valence-electron chi connectivity index (χ1n) is 7.13. The van der Waals surface area contributed by atoms with E-state index >= 15 is 0 Å². The fraction of sp³-hybridized carbons (Fsp3) is 0.250. The molecule has 2 aromatic heterocycles. The van der Waals surface area contributed by atoms with Gasteiger partial charge in [-0.15, -0.1) is 11.3 Å². The van der Waals surface area contributed by atoms with Crippen LogP contribution in [0.5, 0.6) is 5.75 Å². The van der Waals surface area contributed by atoms with Crippen LogP contribution >= 0.6 is 11.3 Å². The second-order valence-electron chi connectivity index (χ2n) is 5.30. The molecule has 1 saturated heterocycles. The van der Waals surface area contributed by atoms with E-state index < -0.39 is 0 Å². The van der Waals surface area contributed by atoms with Crippen molar-refractivity contribution in [3.63, 3.8) is 0 Å². The summed E-state index contributed by atoms with van der Waals surface area (Å²) in [5.41, 5.74) is 1.62. The molecule has 1 aromatic carbocycles. The number of ether oxygens (including phenoxy) is 1. The van der Waals surface area contributed by atoms with E-state index in [-0.39, 0.29) is 11.9 Å². The van der Waals surface area contributed by atoms with E-state index in [1.54, 1.807) is 13.3 Å². The van der Waals surface area contributed by atoms with Gasteiger partial charge in [0.15, 0.2) is 4.96 Å². The number of aromatic nitrogens is 2. The lowest BCUT2D eigenvalue weighted by atomic mass is 9.94. The summed E-state index contributed by atoms with van der Waals surface area (Å²) in [6.07, 6.45) is 4.69. The lowest BCUT2D eigenvalue weighted by Gasteiger charge is -2.41. The Morgan fingerprint density at radius 3 is 3.09 bits per heavy atom. The zero-order chi connectivity index (χ0) is 15.1. The van der Waals surface area contributed by atoms with Crippen molar-refractivity contribution < 1.29 is 9.53 Å². The summed E-state index contributed by atoms with van der Waals surface area (Å²) in [6.45, 7) is 0.770. The first-order valence-corrected chi connectivity index (χ1v) is 8.01. The number of imidazole rings is 1. The van der Waals surface area contributed by atoms with Gasteiger partial charge in [-0.1, -0.05) is 12.1 Å². The summed E-state index contributed by atoms with van der Waals surface area (Å²) in [5.74, 6) is 0.814. The van der Waals surface area contributed by atoms with Crippen LogP contribution in [0.2, 0.25) is 0 Å². The maximum absolute atomic E-state index is 12.7. The van der Waals surface area contributed by atoms with Crippen molar-refractivity contribution >= 4 is 22.2 Å². The Morgan fingerprint density at radius 2 is 2.36 bits per heavy atom. The van der Waals surface area contributed by atoms with Crippen LogP contribution in [0.25, 0.3) is 4.96 Å². The van der Waals surface area contributed by atoms with E-state index in [1.165, 1.54) is 11.3 Å². The predicted octanol–water partition coefficient (Wildman–Crippen LogP) is 2.99. The van der Waals surface area contributed by atoms with E-state index in [4.69, 9.17) is 4.74 Å². The van der Waals surface area contributed by atoms with Gasteiger partial charge >= 0.3 is 0 Å². The highest BCUT2D eigenvalue weighted by atomic mass is 32.1. The van der Waals surface area contributed by atoms with Crippen molar-refractivity contribution in [2.45, 2.75) is 12.5 Å². The molecule has 112 valence electrons. The summed E-state index contributed by atoms with van der Waals surface area (Å²) >= 11 is 1.53. The summed E-state index contributed by atoms with van der Waals surface area (Å²) in [6, 6.07) is 8.02. The molecule has 1 aliphatic heterocycles. The summed E-state index contributed by atoms with van der Waals surface area (Å²) in [5, 5.41) is 1.96. The third-order valence-electron chi connectivity index (χ3n) is 4.07. The van der Waals surface area contributed by atoms with Crippen molar-refractivity contribution in [3.8, 4) is 5.75 Å². The lowest BCUT2D eigenvalue weighted by molar-refractivity contribution is 0.0454. The van der Waals surface area contributed by atoms with Crippen LogP contribution in [0.1, 0.15) is 28.5 Å². The number of likely N-dealkylation sites (tertiary alicyclic amines) is 1. The quantitative estimate of drug-likeness (QED) is 0.747. The Bertz CT molecular complexity index is 810. The second-order valence-corrected chi connectivity index (χ2v) is 6.17. The fourth-order valence-corrected chi connectivity index (χ4v) is 3.50. The minimum Gasteiger partial charge on any atom is -0.497 e. The van der Waals surface area contributed by atoms with Gasteiger partial charge in [0.1, 0.15) is 11.4 Å². The molecule has 4 rings (SSSR count). The number of rotatable bonds is 3. The van der Waals surface area contributed by atoms with Gasteiger partial charge in [0.2, 0.25) is 0 Å². The normalized spacial score (nSPS) is 17.5. The van der Waals surface area contributed by atoms with Crippen molar-refractivity contribution in [1.82, 2.24) is 14.3 Å². The summed E-state index contributed by atoms with van der Waals surface area (Å²) in [7, 11) is 1.65. The molecule has 3 aromatic rings. The van der Waals surface area contributed by atoms with E-state index in [9.17, 15) is 4.79 Å². The maximum atomic E-state index is 12.7. The molecule has 0 radical (unpaired) electrons. The number of carbonyl (C=O) groups is 1. The number of hydrogen-bond acceptors (Lipinski definition) is 4. The van der Waals surface area contributed by atoms with E-state index in [0.29, 0.717) is 5.69 Å². The smallest absolute Gasteiger partial charge is 0.274 e. The molecule has 0 bridgehead atoms. The van der Waals surface area contributed by atoms with Crippen LogP contribution in [-0.4, -0.2) is 33.8 Å². The largest absolute Gasteiger partial charge is 0.497 e. The number of hydrogen-bond donors (Lipinski definition) is 0. The minimum absolute atomic E-state index is 0.00466. The van der Waals surface area contributed by atoms with Crippen LogP contribution in [0.15, 0.2) is 42.0 Å². The average molecular weight is 313 g/mol. The first-order chi connectivity index (χ1) is 10.8. The van der Waals surface area contributed by atoms with Gasteiger partial charge in [0.05, 0.1) is 13.2 Å². The van der Waals surface area contributed by atoms with E-state index in [1.807, 2.05) is 45.1 Å². The Morgan fingerprint density at radius 1 is 1.45 bits per heavy atom. The van der Waals surface area contributed by atoms with Crippen molar-refractivity contribution in [2.24, 2.45) is 0 Å². The molecule has 0 saturated carbocycles. The number of carbonyl (C=O) groups excluding carboxylic acids is 1. The highest BCUT2D eigenvalue weighted by molar-refractivity contribution is 7.15. The Kier molecular flexibility index (Phi) is 3.11. The SMILES string of the molecule is COc1cccc(C2CCN2C(=O)c2cn3ccsc3n2)c1. The first kappa shape index (κ1) is 13.3. The standard InChI is InChI=1S/C16H15N3O2S/c1-21-12-4-2-3-11(9-12)14-5-6-19(14)15(20)13-10-18-7-8-22-16(18)17-13/h2-4,7-10,14H,5-6H2,1H3. The van der Waals surface area contributed by atoms with Gasteiger partial charge < -0.3 is 9.64 Å². The van der Waals surface area contributed by atoms with Crippen molar-refractivity contribution in [3.05, 3.63) is 53.3 Å². The Hall–Kier alpha value is -2.34. The van der Waals surface area contributed by atoms with Gasteiger partial charge in [-0.2, -0.15) is 0 Å². The Balaban J connectivity index is 1.59. The third-order valence-corrected chi connectivity index (χ3v) is 4.84. The molecule has 22 heavy (non-hydrogen) atoms. The van der Waals surface area contributed by atoms with Crippen LogP contribution in [0, 0.1) is 0 Å². The number of nitrogens with zero attached hydrogens (tertiary/aromatic N) is 3. The van der Waals surface area contributed by atoms with Crippen LogP contribution in [-0.2, 0) is 0 Å². The molecule has 1 unspecified atom stereocenters. The predicted molar refractivity (Wildman–Crippen MR) is 84.5 cm³/mol. The average Bonchev–Trinajstić information content (AvgIpc) is 3.07. The molecule has 1 atom stereocenters. The number of methoxy groups -OCH3 is 1. The van der Waals surface area contributed by atoms with Crippen LogP contribution < -0.4 is 4.74 Å². The molecule has 6 heteroatoms. The van der Waals surface area contributed by atoms with Crippen LogP contribution in [0.4, 0.5) is 0 Å². The van der Waals surface area contributed by atoms with Crippen LogP contribution in [0.3, 0.4) is 0 Å². The zero-order valence-corrected chi connectivity index (χ0v) is 12.9. The minimum atomic E-state index is -0.00466. The zero-order valence-electron chi connectivity index (χ0n) is 12.1. The van der Waals surface area contributed by atoms with Crippen molar-refractivity contribution in [1.29, 1.82) is 0 Å². The number of thiazole rings is 1. The molecule has 5 nitrogen and oxygen atoms in total. The van der Waals surface area contributed by atoms with Gasteiger partial charge in [-0.05, 0) is 24.1 Å². The number of benzene rings is 1. The molecule has 3 heterocycles. The van der Waals surface area contributed by atoms with Crippen molar-refractivity contribution in [2.75, 3.05) is 13.7 Å². The monoisotopic (exact) mass is 313 g/mol. The van der Waals surface area contributed by atoms with Gasteiger partial charge in [0.25, 0.3) is 5.91 Å². The highest BCUT2D eigenvalue weighted by Gasteiger charge is 2.35. The van der Waals surface area contributed by atoms with Gasteiger partial charge in [0, 0.05) is 24.3 Å². The number of fused-ring (bicyclic) bond motifs is 1. The molecule has 1 amide bonds. The highest BCUT2D eigenvalue weighted by Crippen LogP contribution is 2.35. The topological polar surface area (TPSA) is 46.8 Å². The molecule has 1 aliphatic rings. The molecule has 0 aliphatic carbocycles. The second kappa shape index (κ2) is 5.14. The summed E-state index contributed by atoms with van der Waals surface area (Å²) < 4.78 is 7.15. The Labute approximate surface area is 131 Å². The van der Waals surface area contributed by atoms with Gasteiger partial charge in [-0.25, -0.2) is 4.98 Å². The molecular weight excluding hydrogens is 298 g/mol. The maximum Gasteiger partial charge on any atom is 0.274 e. The lowest BCUT2D eigenvalue weighted by Crippen LogP contribution is -2.45. The van der Waals surface area contributed by atoms with E-state index in [0.717, 1.165) is 29.2 Å². The number of amides is 1. The van der Waals surface area contributed by atoms with E-state index in [2.05, 4.69) is 4.98 Å². The third kappa shape index (κ3) is 2.07. The molecule has 0 N–H and O–H groups in total. The van der Waals surface area contributed by atoms with Gasteiger partial charge in [-0.3, -0.25) is 9.20 Å².